The third kappa shape index (κ3) is 4.57. The van der Waals surface area contributed by atoms with Gasteiger partial charge < -0.3 is 15.0 Å². The molecule has 0 atom stereocenters. The molecule has 0 bridgehead atoms. The highest BCUT2D eigenvalue weighted by Crippen LogP contribution is 2.19. The molecule has 2 fully saturated rings. The first-order valence-electron chi connectivity index (χ1n) is 7.52. The van der Waals surface area contributed by atoms with Crippen LogP contribution >= 0.6 is 0 Å². The zero-order valence-electron chi connectivity index (χ0n) is 12.8. The second kappa shape index (κ2) is 7.28. The van der Waals surface area contributed by atoms with E-state index in [1.165, 1.54) is 10.6 Å². The summed E-state index contributed by atoms with van der Waals surface area (Å²) >= 11 is 0. The molecule has 2 saturated heterocycles. The predicted molar refractivity (Wildman–Crippen MR) is 79.7 cm³/mol. The molecule has 8 nitrogen and oxygen atoms in total. The molecule has 0 saturated carbocycles. The number of sulfonamides is 1. The maximum absolute atomic E-state index is 12.0. The SMILES string of the molecule is CS(=O)(=O)N1CCC(C(=O)NCCCN2CCOC2=O)CC1. The van der Waals surface area contributed by atoms with Gasteiger partial charge in [0.1, 0.15) is 6.61 Å². The van der Waals surface area contributed by atoms with Crippen molar-refractivity contribution in [2.45, 2.75) is 19.3 Å². The summed E-state index contributed by atoms with van der Waals surface area (Å²) in [5, 5.41) is 2.86. The number of nitrogens with one attached hydrogen (secondary N) is 1. The van der Waals surface area contributed by atoms with E-state index in [0.29, 0.717) is 58.6 Å². The monoisotopic (exact) mass is 333 g/mol. The first-order chi connectivity index (χ1) is 10.4. The van der Waals surface area contributed by atoms with Crippen LogP contribution in [0.3, 0.4) is 0 Å². The third-order valence-electron chi connectivity index (χ3n) is 4.04. The minimum absolute atomic E-state index is 0.0304. The van der Waals surface area contributed by atoms with Crippen molar-refractivity contribution in [3.63, 3.8) is 0 Å². The van der Waals surface area contributed by atoms with Crippen molar-refractivity contribution in [3.05, 3.63) is 0 Å². The highest BCUT2D eigenvalue weighted by Gasteiger charge is 2.28. The summed E-state index contributed by atoms with van der Waals surface area (Å²) in [6.07, 6.45) is 2.69. The highest BCUT2D eigenvalue weighted by molar-refractivity contribution is 7.88. The molecule has 0 aromatic carbocycles. The second-order valence-corrected chi connectivity index (χ2v) is 7.66. The number of amides is 2. The van der Waals surface area contributed by atoms with Gasteiger partial charge in [-0.05, 0) is 19.3 Å². The Balaban J connectivity index is 1.63. The molecule has 9 heteroatoms. The summed E-state index contributed by atoms with van der Waals surface area (Å²) in [5.74, 6) is -0.160. The molecule has 2 aliphatic heterocycles. The van der Waals surface area contributed by atoms with Crippen molar-refractivity contribution in [1.82, 2.24) is 14.5 Å². The van der Waals surface area contributed by atoms with E-state index in [1.807, 2.05) is 0 Å². The number of cyclic esters (lactones) is 1. The average molecular weight is 333 g/mol. The lowest BCUT2D eigenvalue weighted by Gasteiger charge is -2.29. The van der Waals surface area contributed by atoms with Gasteiger partial charge in [-0.3, -0.25) is 4.79 Å². The summed E-state index contributed by atoms with van der Waals surface area (Å²) in [6, 6.07) is 0. The van der Waals surface area contributed by atoms with Gasteiger partial charge in [0.2, 0.25) is 15.9 Å². The van der Waals surface area contributed by atoms with E-state index < -0.39 is 10.0 Å². The first kappa shape index (κ1) is 17.0. The van der Waals surface area contributed by atoms with Gasteiger partial charge in [0.25, 0.3) is 0 Å². The largest absolute Gasteiger partial charge is 0.448 e. The van der Waals surface area contributed by atoms with Gasteiger partial charge in [0, 0.05) is 32.1 Å². The van der Waals surface area contributed by atoms with Gasteiger partial charge in [0.05, 0.1) is 12.8 Å². The van der Waals surface area contributed by atoms with Crippen LogP contribution in [0.4, 0.5) is 4.79 Å². The van der Waals surface area contributed by atoms with Crippen molar-refractivity contribution in [2.24, 2.45) is 5.92 Å². The van der Waals surface area contributed by atoms with Gasteiger partial charge in [-0.25, -0.2) is 17.5 Å². The molecule has 2 aliphatic rings. The molecule has 0 aliphatic carbocycles. The molecule has 2 heterocycles. The van der Waals surface area contributed by atoms with Gasteiger partial charge in [-0.1, -0.05) is 0 Å². The fourth-order valence-corrected chi connectivity index (χ4v) is 3.58. The van der Waals surface area contributed by atoms with Gasteiger partial charge in [0.15, 0.2) is 0 Å². The Morgan fingerprint density at radius 2 is 2.00 bits per heavy atom. The van der Waals surface area contributed by atoms with Crippen molar-refractivity contribution < 1.29 is 22.7 Å². The van der Waals surface area contributed by atoms with Crippen LogP contribution in [0, 0.1) is 5.92 Å². The molecule has 22 heavy (non-hydrogen) atoms. The molecular formula is C13H23N3O5S. The fourth-order valence-electron chi connectivity index (χ4n) is 2.70. The lowest BCUT2D eigenvalue weighted by molar-refractivity contribution is -0.126. The highest BCUT2D eigenvalue weighted by atomic mass is 32.2. The number of carbonyl (C=O) groups is 2. The Hall–Kier alpha value is -1.35. The van der Waals surface area contributed by atoms with E-state index in [9.17, 15) is 18.0 Å². The van der Waals surface area contributed by atoms with Crippen LogP contribution in [0.1, 0.15) is 19.3 Å². The van der Waals surface area contributed by atoms with E-state index in [0.717, 1.165) is 0 Å². The summed E-state index contributed by atoms with van der Waals surface area (Å²) in [7, 11) is -3.16. The first-order valence-corrected chi connectivity index (χ1v) is 9.37. The molecule has 0 aromatic rings. The van der Waals surface area contributed by atoms with E-state index in [1.54, 1.807) is 4.90 Å². The number of rotatable bonds is 6. The number of ether oxygens (including phenoxy) is 1. The Labute approximate surface area is 130 Å². The van der Waals surface area contributed by atoms with Crippen LogP contribution in [-0.4, -0.2) is 75.2 Å². The van der Waals surface area contributed by atoms with Gasteiger partial charge >= 0.3 is 6.09 Å². The maximum atomic E-state index is 12.0. The molecule has 0 aromatic heterocycles. The van der Waals surface area contributed by atoms with Crippen LogP contribution < -0.4 is 5.32 Å². The van der Waals surface area contributed by atoms with Crippen molar-refractivity contribution in [2.75, 3.05) is 45.6 Å². The molecule has 1 N–H and O–H groups in total. The molecule has 2 rings (SSSR count). The molecule has 2 amide bonds. The van der Waals surface area contributed by atoms with Gasteiger partial charge in [-0.15, -0.1) is 0 Å². The number of carbonyl (C=O) groups excluding carboxylic acids is 2. The predicted octanol–water partition coefficient (Wildman–Crippen LogP) is -0.383. The summed E-state index contributed by atoms with van der Waals surface area (Å²) in [4.78, 5) is 24.9. The zero-order chi connectivity index (χ0) is 16.2. The quantitative estimate of drug-likeness (QED) is 0.668. The van der Waals surface area contributed by atoms with Crippen LogP contribution in [0.25, 0.3) is 0 Å². The Kier molecular flexibility index (Phi) is 5.63. The zero-order valence-corrected chi connectivity index (χ0v) is 13.6. The van der Waals surface area contributed by atoms with Crippen molar-refractivity contribution in [1.29, 1.82) is 0 Å². The minimum Gasteiger partial charge on any atom is -0.448 e. The average Bonchev–Trinajstić information content (AvgIpc) is 2.88. The summed E-state index contributed by atoms with van der Waals surface area (Å²) < 4.78 is 29.1. The molecular weight excluding hydrogens is 310 g/mol. The summed E-state index contributed by atoms with van der Waals surface area (Å²) in [5.41, 5.74) is 0. The number of piperidine rings is 1. The minimum atomic E-state index is -3.16. The van der Waals surface area contributed by atoms with Crippen molar-refractivity contribution in [3.8, 4) is 0 Å². The molecule has 126 valence electrons. The second-order valence-electron chi connectivity index (χ2n) is 5.68. The number of hydrogen-bond donors (Lipinski definition) is 1. The van der Waals surface area contributed by atoms with Gasteiger partial charge in [-0.2, -0.15) is 0 Å². The third-order valence-corrected chi connectivity index (χ3v) is 5.35. The Bertz CT molecular complexity index is 514. The number of nitrogens with zero attached hydrogens (tertiary/aromatic N) is 2. The topological polar surface area (TPSA) is 96.0 Å². The normalized spacial score (nSPS) is 21.0. The van der Waals surface area contributed by atoms with E-state index in [4.69, 9.17) is 4.74 Å². The standard InChI is InChI=1S/C13H23N3O5S/c1-22(19,20)16-7-3-11(4-8-16)12(17)14-5-2-6-15-9-10-21-13(15)18/h11H,2-10H2,1H3,(H,14,17). The van der Waals surface area contributed by atoms with Crippen LogP contribution in [0.5, 0.6) is 0 Å². The molecule has 0 spiro atoms. The Morgan fingerprint density at radius 3 is 2.55 bits per heavy atom. The van der Waals surface area contributed by atoms with Crippen LogP contribution in [-0.2, 0) is 19.6 Å². The van der Waals surface area contributed by atoms with E-state index in [-0.39, 0.29) is 17.9 Å². The maximum Gasteiger partial charge on any atom is 0.409 e. The summed E-state index contributed by atoms with van der Waals surface area (Å²) in [6.45, 7) is 2.93. The van der Waals surface area contributed by atoms with E-state index in [2.05, 4.69) is 5.32 Å². The van der Waals surface area contributed by atoms with Crippen molar-refractivity contribution >= 4 is 22.0 Å². The fraction of sp³-hybridized carbons (Fsp3) is 0.846. The lowest BCUT2D eigenvalue weighted by Crippen LogP contribution is -2.43. The van der Waals surface area contributed by atoms with E-state index >= 15 is 0 Å². The molecule has 0 unspecified atom stereocenters. The van der Waals surface area contributed by atoms with Crippen LogP contribution in [0.2, 0.25) is 0 Å². The lowest BCUT2D eigenvalue weighted by atomic mass is 9.97. The van der Waals surface area contributed by atoms with Crippen LogP contribution in [0.15, 0.2) is 0 Å². The smallest absolute Gasteiger partial charge is 0.409 e. The molecule has 0 radical (unpaired) electrons. The number of hydrogen-bond acceptors (Lipinski definition) is 5. The Morgan fingerprint density at radius 1 is 1.32 bits per heavy atom.